The van der Waals surface area contributed by atoms with Crippen molar-refractivity contribution in [2.75, 3.05) is 18.1 Å². The van der Waals surface area contributed by atoms with Crippen LogP contribution in [0.1, 0.15) is 27.2 Å². The molecule has 1 heterocycles. The van der Waals surface area contributed by atoms with E-state index in [1.807, 2.05) is 11.8 Å². The van der Waals surface area contributed by atoms with Crippen LogP contribution in [0.4, 0.5) is 0 Å². The maximum atomic E-state index is 11.8. The van der Waals surface area contributed by atoms with Crippen molar-refractivity contribution in [1.82, 2.24) is 10.6 Å². The average Bonchev–Trinajstić information content (AvgIpc) is 2.19. The summed E-state index contributed by atoms with van der Waals surface area (Å²) in [7, 11) is 0. The van der Waals surface area contributed by atoms with Crippen LogP contribution in [-0.4, -0.2) is 35.5 Å². The van der Waals surface area contributed by atoms with Crippen LogP contribution in [0.2, 0.25) is 0 Å². The number of nitrogens with one attached hydrogen (secondary N) is 2. The van der Waals surface area contributed by atoms with E-state index in [9.17, 15) is 4.79 Å². The van der Waals surface area contributed by atoms with Crippen molar-refractivity contribution in [1.29, 1.82) is 0 Å². The van der Waals surface area contributed by atoms with Gasteiger partial charge < -0.3 is 10.6 Å². The first kappa shape index (κ1) is 11.9. The number of hydrogen-bond acceptors (Lipinski definition) is 3. The van der Waals surface area contributed by atoms with Gasteiger partial charge in [-0.1, -0.05) is 6.92 Å². The van der Waals surface area contributed by atoms with E-state index in [-0.39, 0.29) is 17.5 Å². The molecule has 1 amide bonds. The Kier molecular flexibility index (Phi) is 4.26. The summed E-state index contributed by atoms with van der Waals surface area (Å²) < 4.78 is 0. The third-order valence-electron chi connectivity index (χ3n) is 2.58. The van der Waals surface area contributed by atoms with E-state index in [4.69, 9.17) is 0 Å². The highest BCUT2D eigenvalue weighted by molar-refractivity contribution is 7.99. The molecule has 0 aromatic carbocycles. The normalized spacial score (nSPS) is 23.2. The van der Waals surface area contributed by atoms with Gasteiger partial charge in [0.2, 0.25) is 5.91 Å². The minimum Gasteiger partial charge on any atom is -0.350 e. The van der Waals surface area contributed by atoms with E-state index in [1.54, 1.807) is 0 Å². The number of thioether (sulfide) groups is 1. The standard InChI is InChI=1S/C10H20N2OS/c1-4-10(2,3)12-9(13)8-7-14-6-5-11-8/h8,11H,4-7H2,1-3H3,(H,12,13). The molecular weight excluding hydrogens is 196 g/mol. The second-order valence-corrected chi connectivity index (χ2v) is 5.46. The predicted octanol–water partition coefficient (Wildman–Crippen LogP) is 0.996. The topological polar surface area (TPSA) is 41.1 Å². The first-order valence-corrected chi connectivity index (χ1v) is 6.34. The summed E-state index contributed by atoms with van der Waals surface area (Å²) in [6.07, 6.45) is 0.957. The molecular formula is C10H20N2OS. The van der Waals surface area contributed by atoms with Gasteiger partial charge in [-0.25, -0.2) is 0 Å². The third kappa shape index (κ3) is 3.50. The fourth-order valence-electron chi connectivity index (χ4n) is 1.24. The largest absolute Gasteiger partial charge is 0.350 e. The Morgan fingerprint density at radius 3 is 2.86 bits per heavy atom. The molecule has 0 aromatic rings. The number of carbonyl (C=O) groups is 1. The fraction of sp³-hybridized carbons (Fsp3) is 0.900. The monoisotopic (exact) mass is 216 g/mol. The van der Waals surface area contributed by atoms with E-state index >= 15 is 0 Å². The van der Waals surface area contributed by atoms with Gasteiger partial charge in [0.05, 0.1) is 6.04 Å². The number of rotatable bonds is 3. The zero-order valence-electron chi connectivity index (χ0n) is 9.22. The SMILES string of the molecule is CCC(C)(C)NC(=O)C1CSCCN1. The van der Waals surface area contributed by atoms with Crippen molar-refractivity contribution in [2.24, 2.45) is 0 Å². The summed E-state index contributed by atoms with van der Waals surface area (Å²) in [5.74, 6) is 2.15. The predicted molar refractivity (Wildman–Crippen MR) is 61.6 cm³/mol. The Morgan fingerprint density at radius 2 is 2.36 bits per heavy atom. The zero-order valence-corrected chi connectivity index (χ0v) is 10.0. The smallest absolute Gasteiger partial charge is 0.238 e. The molecule has 14 heavy (non-hydrogen) atoms. The quantitative estimate of drug-likeness (QED) is 0.739. The average molecular weight is 216 g/mol. The summed E-state index contributed by atoms with van der Waals surface area (Å²) >= 11 is 1.84. The molecule has 1 saturated heterocycles. The fourth-order valence-corrected chi connectivity index (χ4v) is 2.18. The molecule has 1 fully saturated rings. The Balaban J connectivity index is 2.40. The van der Waals surface area contributed by atoms with Crippen LogP contribution in [0.5, 0.6) is 0 Å². The van der Waals surface area contributed by atoms with Gasteiger partial charge in [0, 0.05) is 23.6 Å². The first-order valence-electron chi connectivity index (χ1n) is 5.18. The highest BCUT2D eigenvalue weighted by atomic mass is 32.2. The molecule has 1 rings (SSSR count). The first-order chi connectivity index (χ1) is 6.55. The Hall–Kier alpha value is -0.220. The van der Waals surface area contributed by atoms with Crippen molar-refractivity contribution < 1.29 is 4.79 Å². The van der Waals surface area contributed by atoms with Gasteiger partial charge in [0.25, 0.3) is 0 Å². The minimum atomic E-state index is -0.0825. The van der Waals surface area contributed by atoms with Crippen LogP contribution in [-0.2, 0) is 4.79 Å². The van der Waals surface area contributed by atoms with Crippen LogP contribution >= 0.6 is 11.8 Å². The van der Waals surface area contributed by atoms with Gasteiger partial charge in [0.1, 0.15) is 0 Å². The van der Waals surface area contributed by atoms with E-state index < -0.39 is 0 Å². The summed E-state index contributed by atoms with van der Waals surface area (Å²) in [4.78, 5) is 11.8. The number of amides is 1. The van der Waals surface area contributed by atoms with Gasteiger partial charge in [-0.15, -0.1) is 0 Å². The summed E-state index contributed by atoms with van der Waals surface area (Å²) in [5.41, 5.74) is -0.0825. The van der Waals surface area contributed by atoms with Crippen LogP contribution in [0, 0.1) is 0 Å². The molecule has 0 aliphatic carbocycles. The molecule has 3 nitrogen and oxygen atoms in total. The summed E-state index contributed by atoms with van der Waals surface area (Å²) in [5, 5.41) is 6.29. The maximum absolute atomic E-state index is 11.8. The summed E-state index contributed by atoms with van der Waals surface area (Å²) in [6, 6.07) is -0.000394. The van der Waals surface area contributed by atoms with Crippen molar-refractivity contribution in [2.45, 2.75) is 38.8 Å². The lowest BCUT2D eigenvalue weighted by molar-refractivity contribution is -0.124. The molecule has 4 heteroatoms. The zero-order chi connectivity index (χ0) is 10.6. The number of hydrogen-bond donors (Lipinski definition) is 2. The highest BCUT2D eigenvalue weighted by Crippen LogP contribution is 2.11. The number of carbonyl (C=O) groups excluding carboxylic acids is 1. The Labute approximate surface area is 90.4 Å². The van der Waals surface area contributed by atoms with E-state index in [2.05, 4.69) is 31.4 Å². The van der Waals surface area contributed by atoms with Gasteiger partial charge in [-0.3, -0.25) is 4.79 Å². The second kappa shape index (κ2) is 5.03. The molecule has 1 aliphatic heterocycles. The molecule has 0 saturated carbocycles. The maximum Gasteiger partial charge on any atom is 0.238 e. The summed E-state index contributed by atoms with van der Waals surface area (Å²) in [6.45, 7) is 7.14. The Bertz CT molecular complexity index is 200. The highest BCUT2D eigenvalue weighted by Gasteiger charge is 2.25. The van der Waals surface area contributed by atoms with Crippen LogP contribution in [0.25, 0.3) is 0 Å². The lowest BCUT2D eigenvalue weighted by Gasteiger charge is -2.29. The third-order valence-corrected chi connectivity index (χ3v) is 3.65. The molecule has 0 radical (unpaired) electrons. The lowest BCUT2D eigenvalue weighted by atomic mass is 10.0. The molecule has 0 spiro atoms. The molecule has 82 valence electrons. The van der Waals surface area contributed by atoms with Gasteiger partial charge in [-0.2, -0.15) is 11.8 Å². The van der Waals surface area contributed by atoms with Crippen LogP contribution in [0.15, 0.2) is 0 Å². The van der Waals surface area contributed by atoms with Crippen molar-refractivity contribution in [3.63, 3.8) is 0 Å². The molecule has 1 atom stereocenters. The van der Waals surface area contributed by atoms with E-state index in [0.717, 1.165) is 24.5 Å². The lowest BCUT2D eigenvalue weighted by Crippen LogP contribution is -2.54. The Morgan fingerprint density at radius 1 is 1.64 bits per heavy atom. The van der Waals surface area contributed by atoms with Crippen LogP contribution < -0.4 is 10.6 Å². The van der Waals surface area contributed by atoms with Gasteiger partial charge >= 0.3 is 0 Å². The van der Waals surface area contributed by atoms with E-state index in [1.165, 1.54) is 0 Å². The second-order valence-electron chi connectivity index (χ2n) is 4.31. The minimum absolute atomic E-state index is 0.000394. The van der Waals surface area contributed by atoms with Crippen molar-refractivity contribution >= 4 is 17.7 Å². The molecule has 2 N–H and O–H groups in total. The molecule has 0 bridgehead atoms. The van der Waals surface area contributed by atoms with Crippen molar-refractivity contribution in [3.05, 3.63) is 0 Å². The molecule has 0 aromatic heterocycles. The molecule has 1 unspecified atom stereocenters. The van der Waals surface area contributed by atoms with Crippen LogP contribution in [0.3, 0.4) is 0 Å². The van der Waals surface area contributed by atoms with Crippen molar-refractivity contribution in [3.8, 4) is 0 Å². The van der Waals surface area contributed by atoms with Gasteiger partial charge in [0.15, 0.2) is 0 Å². The van der Waals surface area contributed by atoms with Gasteiger partial charge in [-0.05, 0) is 20.3 Å². The molecule has 1 aliphatic rings. The van der Waals surface area contributed by atoms with E-state index in [0.29, 0.717) is 0 Å².